The first kappa shape index (κ1) is 25.6. The highest BCUT2D eigenvalue weighted by molar-refractivity contribution is 5.95. The van der Waals surface area contributed by atoms with Crippen LogP contribution in [0.1, 0.15) is 55.1 Å². The fraction of sp³-hybridized carbons (Fsp3) is 0.367. The maximum absolute atomic E-state index is 13.7. The van der Waals surface area contributed by atoms with Crippen molar-refractivity contribution < 1.29 is 14.3 Å². The van der Waals surface area contributed by atoms with Gasteiger partial charge in [0.1, 0.15) is 17.1 Å². The normalized spacial score (nSPS) is 17.3. The summed E-state index contributed by atoms with van der Waals surface area (Å²) in [7, 11) is 1.64. The third kappa shape index (κ3) is 5.03. The van der Waals surface area contributed by atoms with Gasteiger partial charge >= 0.3 is 0 Å². The number of benzene rings is 2. The van der Waals surface area contributed by atoms with E-state index in [2.05, 4.69) is 17.0 Å². The highest BCUT2D eigenvalue weighted by Gasteiger charge is 2.32. The number of hydrogen-bond donors (Lipinski definition) is 1. The first-order chi connectivity index (χ1) is 18.5. The second-order valence-electron chi connectivity index (χ2n) is 9.83. The lowest BCUT2D eigenvalue weighted by Gasteiger charge is -2.37. The van der Waals surface area contributed by atoms with Crippen LogP contribution >= 0.6 is 0 Å². The molecule has 0 bridgehead atoms. The zero-order chi connectivity index (χ0) is 26.6. The van der Waals surface area contributed by atoms with E-state index in [1.165, 1.54) is 4.68 Å². The van der Waals surface area contributed by atoms with Gasteiger partial charge in [-0.25, -0.2) is 4.68 Å². The Hall–Kier alpha value is -4.07. The van der Waals surface area contributed by atoms with E-state index in [9.17, 15) is 9.59 Å². The fourth-order valence-electron chi connectivity index (χ4n) is 5.38. The van der Waals surface area contributed by atoms with Crippen LogP contribution in [0.2, 0.25) is 0 Å². The SMILES string of the molecule is CCCN(C(=O)c1c(C)[nH]n(-c2ccccc2)c1=O)C1CCC(Oc2ccnc3cc(OC)ccc23)CC1. The summed E-state index contributed by atoms with van der Waals surface area (Å²) in [4.78, 5) is 33.4. The van der Waals surface area contributed by atoms with Crippen molar-refractivity contribution >= 4 is 16.8 Å². The Kier molecular flexibility index (Phi) is 7.49. The minimum atomic E-state index is -0.307. The second-order valence-corrected chi connectivity index (χ2v) is 9.83. The minimum Gasteiger partial charge on any atom is -0.497 e. The predicted molar refractivity (Wildman–Crippen MR) is 147 cm³/mol. The summed E-state index contributed by atoms with van der Waals surface area (Å²) in [6.07, 6.45) is 5.95. The minimum absolute atomic E-state index is 0.0573. The Labute approximate surface area is 222 Å². The molecule has 2 aromatic carbocycles. The van der Waals surface area contributed by atoms with Crippen molar-refractivity contribution in [1.82, 2.24) is 19.7 Å². The topological polar surface area (TPSA) is 89.5 Å². The molecule has 0 saturated heterocycles. The molecule has 1 aliphatic carbocycles. The van der Waals surface area contributed by atoms with Crippen molar-refractivity contribution in [3.63, 3.8) is 0 Å². The monoisotopic (exact) mass is 514 g/mol. The van der Waals surface area contributed by atoms with Crippen LogP contribution in [0.3, 0.4) is 0 Å². The molecule has 0 radical (unpaired) electrons. The van der Waals surface area contributed by atoms with E-state index in [1.807, 2.05) is 59.5 Å². The number of nitrogens with one attached hydrogen (secondary N) is 1. The highest BCUT2D eigenvalue weighted by Crippen LogP contribution is 2.32. The number of ether oxygens (including phenoxy) is 2. The molecular formula is C30H34N4O4. The summed E-state index contributed by atoms with van der Waals surface area (Å²) in [5.74, 6) is 1.38. The van der Waals surface area contributed by atoms with E-state index in [-0.39, 0.29) is 29.2 Å². The Bertz CT molecular complexity index is 1470. The van der Waals surface area contributed by atoms with Crippen molar-refractivity contribution in [2.45, 2.75) is 58.1 Å². The van der Waals surface area contributed by atoms with E-state index < -0.39 is 0 Å². The number of amides is 1. The Morgan fingerprint density at radius 2 is 1.87 bits per heavy atom. The Morgan fingerprint density at radius 3 is 2.58 bits per heavy atom. The molecule has 2 heterocycles. The molecule has 1 N–H and O–H groups in total. The van der Waals surface area contributed by atoms with Crippen LogP contribution in [0.15, 0.2) is 65.6 Å². The molecule has 1 aliphatic rings. The van der Waals surface area contributed by atoms with Crippen molar-refractivity contribution in [1.29, 1.82) is 0 Å². The number of fused-ring (bicyclic) bond motifs is 1. The first-order valence-corrected chi connectivity index (χ1v) is 13.3. The van der Waals surface area contributed by atoms with Gasteiger partial charge in [0, 0.05) is 35.9 Å². The molecule has 0 atom stereocenters. The summed E-state index contributed by atoms with van der Waals surface area (Å²) in [6.45, 7) is 4.46. The molecule has 1 fully saturated rings. The maximum atomic E-state index is 13.7. The Morgan fingerprint density at radius 1 is 1.11 bits per heavy atom. The maximum Gasteiger partial charge on any atom is 0.284 e. The second kappa shape index (κ2) is 11.1. The van der Waals surface area contributed by atoms with Crippen LogP contribution in [0.25, 0.3) is 16.6 Å². The van der Waals surface area contributed by atoms with Gasteiger partial charge in [0.05, 0.1) is 24.4 Å². The highest BCUT2D eigenvalue weighted by atomic mass is 16.5. The van der Waals surface area contributed by atoms with Crippen LogP contribution < -0.4 is 15.0 Å². The molecular weight excluding hydrogens is 480 g/mol. The number of aromatic nitrogens is 3. The van der Waals surface area contributed by atoms with Gasteiger partial charge < -0.3 is 14.4 Å². The molecule has 0 aliphatic heterocycles. The number of carbonyl (C=O) groups is 1. The first-order valence-electron chi connectivity index (χ1n) is 13.3. The van der Waals surface area contributed by atoms with Crippen molar-refractivity contribution in [3.8, 4) is 17.2 Å². The summed E-state index contributed by atoms with van der Waals surface area (Å²) in [5.41, 5.74) is 2.04. The van der Waals surface area contributed by atoms with Crippen LogP contribution in [-0.2, 0) is 0 Å². The number of aromatic amines is 1. The molecule has 8 heteroatoms. The van der Waals surface area contributed by atoms with Gasteiger partial charge in [0.2, 0.25) is 0 Å². The zero-order valence-electron chi connectivity index (χ0n) is 22.1. The number of nitrogens with zero attached hydrogens (tertiary/aromatic N) is 3. The molecule has 38 heavy (non-hydrogen) atoms. The van der Waals surface area contributed by atoms with E-state index in [0.717, 1.165) is 54.5 Å². The fourth-order valence-corrected chi connectivity index (χ4v) is 5.38. The van der Waals surface area contributed by atoms with E-state index in [4.69, 9.17) is 9.47 Å². The van der Waals surface area contributed by atoms with Gasteiger partial charge in [-0.3, -0.25) is 19.7 Å². The number of methoxy groups -OCH3 is 1. The van der Waals surface area contributed by atoms with E-state index in [0.29, 0.717) is 17.9 Å². The lowest BCUT2D eigenvalue weighted by atomic mass is 9.91. The number of para-hydroxylation sites is 1. The van der Waals surface area contributed by atoms with E-state index >= 15 is 0 Å². The summed E-state index contributed by atoms with van der Waals surface area (Å²) in [5, 5.41) is 4.04. The average Bonchev–Trinajstić information content (AvgIpc) is 3.25. The third-order valence-electron chi connectivity index (χ3n) is 7.31. The van der Waals surface area contributed by atoms with Crippen LogP contribution in [0, 0.1) is 6.92 Å². The van der Waals surface area contributed by atoms with Gasteiger partial charge in [-0.05, 0) is 69.4 Å². The summed E-state index contributed by atoms with van der Waals surface area (Å²) < 4.78 is 13.2. The number of carbonyl (C=O) groups excluding carboxylic acids is 1. The average molecular weight is 515 g/mol. The van der Waals surface area contributed by atoms with Gasteiger partial charge in [-0.2, -0.15) is 0 Å². The van der Waals surface area contributed by atoms with Crippen LogP contribution in [-0.4, -0.2) is 51.4 Å². The number of aryl methyl sites for hydroxylation is 1. The molecule has 0 unspecified atom stereocenters. The Balaban J connectivity index is 1.30. The molecule has 5 rings (SSSR count). The van der Waals surface area contributed by atoms with Crippen LogP contribution in [0.5, 0.6) is 11.5 Å². The quantitative estimate of drug-likeness (QED) is 0.346. The van der Waals surface area contributed by atoms with Crippen molar-refractivity contribution in [3.05, 3.63) is 82.4 Å². The molecule has 0 spiro atoms. The summed E-state index contributed by atoms with van der Waals surface area (Å²) in [6, 6.07) is 17.1. The van der Waals surface area contributed by atoms with Gasteiger partial charge in [0.15, 0.2) is 0 Å². The standard InChI is InChI=1S/C30H34N4O4/c1-4-18-33(29(35)28-20(2)32-34(30(28)36)22-8-6-5-7-9-22)21-10-12-23(13-11-21)38-27-16-17-31-26-19-24(37-3)14-15-25(26)27/h5-9,14-17,19,21,23,32H,4,10-13,18H2,1-3H3. The largest absolute Gasteiger partial charge is 0.497 e. The lowest BCUT2D eigenvalue weighted by molar-refractivity contribution is 0.0538. The van der Waals surface area contributed by atoms with Gasteiger partial charge in [-0.1, -0.05) is 25.1 Å². The number of rotatable bonds is 8. The molecule has 1 saturated carbocycles. The number of H-pyrrole nitrogens is 1. The molecule has 8 nitrogen and oxygen atoms in total. The molecule has 198 valence electrons. The molecule has 2 aromatic heterocycles. The lowest BCUT2D eigenvalue weighted by Crippen LogP contribution is -2.45. The van der Waals surface area contributed by atoms with Crippen molar-refractivity contribution in [2.24, 2.45) is 0 Å². The number of pyridine rings is 1. The smallest absolute Gasteiger partial charge is 0.284 e. The molecule has 1 amide bonds. The van der Waals surface area contributed by atoms with Gasteiger partial charge in [-0.15, -0.1) is 0 Å². The summed E-state index contributed by atoms with van der Waals surface area (Å²) >= 11 is 0. The zero-order valence-corrected chi connectivity index (χ0v) is 22.1. The number of hydrogen-bond acceptors (Lipinski definition) is 5. The molecule has 4 aromatic rings. The van der Waals surface area contributed by atoms with E-state index in [1.54, 1.807) is 20.2 Å². The predicted octanol–water partition coefficient (Wildman–Crippen LogP) is 5.27. The van der Waals surface area contributed by atoms with Crippen molar-refractivity contribution in [2.75, 3.05) is 13.7 Å². The van der Waals surface area contributed by atoms with Crippen LogP contribution in [0.4, 0.5) is 0 Å². The van der Waals surface area contributed by atoms with Gasteiger partial charge in [0.25, 0.3) is 11.5 Å². The third-order valence-corrected chi connectivity index (χ3v) is 7.31.